The summed E-state index contributed by atoms with van der Waals surface area (Å²) in [5, 5.41) is 0.138. The Morgan fingerprint density at radius 2 is 1.55 bits per heavy atom. The smallest absolute Gasteiger partial charge is 0.343 e. The minimum atomic E-state index is -0.621. The molecule has 1 heterocycles. The molecule has 150 valence electrons. The monoisotopic (exact) mass is 398 g/mol. The third-order valence-corrected chi connectivity index (χ3v) is 3.98. The number of hydrogen-bond donors (Lipinski definition) is 0. The average molecular weight is 398 g/mol. The minimum Gasteiger partial charge on any atom is -0.482 e. The van der Waals surface area contributed by atoms with Crippen molar-refractivity contribution in [3.63, 3.8) is 0 Å². The van der Waals surface area contributed by atoms with Crippen LogP contribution in [0.15, 0.2) is 57.7 Å². The highest BCUT2D eigenvalue weighted by Crippen LogP contribution is 2.32. The fourth-order valence-electron chi connectivity index (χ4n) is 2.57. The number of carbonyl (C=O) groups excluding carboxylic acids is 2. The summed E-state index contributed by atoms with van der Waals surface area (Å²) in [6.07, 6.45) is 0. The lowest BCUT2D eigenvalue weighted by Crippen LogP contribution is -2.15. The number of carbonyl (C=O) groups is 2. The number of esters is 2. The first-order valence-electron chi connectivity index (χ1n) is 8.58. The Balaban J connectivity index is 2.08. The summed E-state index contributed by atoms with van der Waals surface area (Å²) in [7, 11) is 2.46. The van der Waals surface area contributed by atoms with Gasteiger partial charge >= 0.3 is 11.9 Å². The van der Waals surface area contributed by atoms with E-state index in [1.165, 1.54) is 32.4 Å². The Morgan fingerprint density at radius 1 is 0.897 bits per heavy atom. The second-order valence-electron chi connectivity index (χ2n) is 5.87. The molecule has 0 saturated heterocycles. The van der Waals surface area contributed by atoms with Crippen LogP contribution in [-0.4, -0.2) is 39.4 Å². The maximum Gasteiger partial charge on any atom is 0.343 e. The number of benzene rings is 2. The van der Waals surface area contributed by atoms with Crippen molar-refractivity contribution in [1.82, 2.24) is 0 Å². The van der Waals surface area contributed by atoms with Gasteiger partial charge in [-0.3, -0.25) is 4.79 Å². The van der Waals surface area contributed by atoms with E-state index in [-0.39, 0.29) is 34.5 Å². The molecule has 0 amide bonds. The molecule has 3 aromatic rings. The average Bonchev–Trinajstić information content (AvgIpc) is 2.75. The van der Waals surface area contributed by atoms with Crippen molar-refractivity contribution in [2.75, 3.05) is 27.4 Å². The summed E-state index contributed by atoms with van der Waals surface area (Å²) in [4.78, 5) is 35.6. The molecule has 0 aliphatic heterocycles. The molecule has 0 aliphatic rings. The van der Waals surface area contributed by atoms with Gasteiger partial charge in [0.2, 0.25) is 0 Å². The molecular weight excluding hydrogens is 380 g/mol. The van der Waals surface area contributed by atoms with Gasteiger partial charge in [-0.2, -0.15) is 0 Å². The quantitative estimate of drug-likeness (QED) is 0.560. The summed E-state index contributed by atoms with van der Waals surface area (Å²) in [5.74, 6) is -0.574. The zero-order valence-electron chi connectivity index (χ0n) is 15.8. The molecule has 0 radical (unpaired) electrons. The summed E-state index contributed by atoms with van der Waals surface area (Å²) in [5.41, 5.74) is 0.535. The van der Waals surface area contributed by atoms with Gasteiger partial charge in [-0.25, -0.2) is 9.59 Å². The minimum absolute atomic E-state index is 0.0705. The SMILES string of the molecule is COC(=O)COc1cc(OCC(=O)OC)c2c(=O)cc(-c3ccccc3)oc2c1. The third kappa shape index (κ3) is 4.73. The van der Waals surface area contributed by atoms with Crippen LogP contribution < -0.4 is 14.9 Å². The van der Waals surface area contributed by atoms with Crippen LogP contribution in [-0.2, 0) is 19.1 Å². The normalized spacial score (nSPS) is 10.4. The maximum absolute atomic E-state index is 12.8. The van der Waals surface area contributed by atoms with Gasteiger partial charge in [-0.15, -0.1) is 0 Å². The van der Waals surface area contributed by atoms with Crippen molar-refractivity contribution in [2.24, 2.45) is 0 Å². The largest absolute Gasteiger partial charge is 0.482 e. The van der Waals surface area contributed by atoms with Crippen molar-refractivity contribution in [3.05, 3.63) is 58.8 Å². The highest BCUT2D eigenvalue weighted by Gasteiger charge is 2.16. The molecule has 0 N–H and O–H groups in total. The first-order valence-corrected chi connectivity index (χ1v) is 8.58. The summed E-state index contributed by atoms with van der Waals surface area (Å²) in [6, 6.07) is 13.3. The highest BCUT2D eigenvalue weighted by atomic mass is 16.6. The Morgan fingerprint density at radius 3 is 2.21 bits per heavy atom. The van der Waals surface area contributed by atoms with Crippen molar-refractivity contribution >= 4 is 22.9 Å². The summed E-state index contributed by atoms with van der Waals surface area (Å²) in [6.45, 7) is -0.757. The van der Waals surface area contributed by atoms with E-state index in [9.17, 15) is 14.4 Å². The first-order chi connectivity index (χ1) is 14.0. The molecular formula is C21H18O8. The number of ether oxygens (including phenoxy) is 4. The number of hydrogen-bond acceptors (Lipinski definition) is 8. The fraction of sp³-hybridized carbons (Fsp3) is 0.190. The predicted octanol–water partition coefficient (Wildman–Crippen LogP) is 2.56. The molecule has 1 aromatic heterocycles. The van der Waals surface area contributed by atoms with E-state index in [2.05, 4.69) is 9.47 Å². The second-order valence-corrected chi connectivity index (χ2v) is 5.87. The van der Waals surface area contributed by atoms with Gasteiger partial charge in [0.05, 0.1) is 14.2 Å². The predicted molar refractivity (Wildman–Crippen MR) is 103 cm³/mol. The summed E-state index contributed by atoms with van der Waals surface area (Å²) >= 11 is 0. The zero-order valence-corrected chi connectivity index (χ0v) is 15.8. The molecule has 8 nitrogen and oxygen atoms in total. The fourth-order valence-corrected chi connectivity index (χ4v) is 2.57. The van der Waals surface area contributed by atoms with Gasteiger partial charge in [-0.05, 0) is 0 Å². The van der Waals surface area contributed by atoms with Crippen molar-refractivity contribution in [1.29, 1.82) is 0 Å². The van der Waals surface area contributed by atoms with Crippen LogP contribution in [0, 0.1) is 0 Å². The van der Waals surface area contributed by atoms with E-state index < -0.39 is 18.5 Å². The van der Waals surface area contributed by atoms with Crippen LogP contribution in [0.2, 0.25) is 0 Å². The Kier molecular flexibility index (Phi) is 6.13. The van der Waals surface area contributed by atoms with Gasteiger partial charge in [0.1, 0.15) is 28.2 Å². The Hall–Kier alpha value is -3.81. The van der Waals surface area contributed by atoms with E-state index in [0.29, 0.717) is 11.3 Å². The molecule has 29 heavy (non-hydrogen) atoms. The second kappa shape index (κ2) is 8.92. The van der Waals surface area contributed by atoms with E-state index in [0.717, 1.165) is 0 Å². The highest BCUT2D eigenvalue weighted by molar-refractivity contribution is 5.87. The molecule has 0 aliphatic carbocycles. The van der Waals surface area contributed by atoms with E-state index in [4.69, 9.17) is 13.9 Å². The third-order valence-electron chi connectivity index (χ3n) is 3.98. The zero-order chi connectivity index (χ0) is 20.8. The Labute approximate surface area is 165 Å². The first kappa shape index (κ1) is 19.9. The molecule has 2 aromatic carbocycles. The molecule has 0 spiro atoms. The molecule has 0 bridgehead atoms. The lowest BCUT2D eigenvalue weighted by atomic mass is 10.1. The van der Waals surface area contributed by atoms with Gasteiger partial charge in [0.15, 0.2) is 18.6 Å². The molecule has 3 rings (SSSR count). The van der Waals surface area contributed by atoms with Crippen LogP contribution >= 0.6 is 0 Å². The van der Waals surface area contributed by atoms with Gasteiger partial charge in [0, 0.05) is 23.8 Å². The topological polar surface area (TPSA) is 101 Å². The molecule has 8 heteroatoms. The van der Waals surface area contributed by atoms with Crippen LogP contribution in [0.3, 0.4) is 0 Å². The van der Waals surface area contributed by atoms with Gasteiger partial charge in [0.25, 0.3) is 0 Å². The molecule has 0 atom stereocenters. The van der Waals surface area contributed by atoms with Crippen LogP contribution in [0.4, 0.5) is 0 Å². The summed E-state index contributed by atoms with van der Waals surface area (Å²) < 4.78 is 25.8. The lowest BCUT2D eigenvalue weighted by molar-refractivity contribution is -0.143. The molecule has 0 saturated carbocycles. The Bertz CT molecular complexity index is 1090. The number of rotatable bonds is 7. The molecule has 0 unspecified atom stereocenters. The van der Waals surface area contributed by atoms with E-state index >= 15 is 0 Å². The van der Waals surface area contributed by atoms with E-state index in [1.54, 1.807) is 12.1 Å². The number of fused-ring (bicyclic) bond motifs is 1. The van der Waals surface area contributed by atoms with Gasteiger partial charge in [-0.1, -0.05) is 30.3 Å². The molecule has 0 fully saturated rings. The van der Waals surface area contributed by atoms with Crippen LogP contribution in [0.1, 0.15) is 0 Å². The van der Waals surface area contributed by atoms with Crippen LogP contribution in [0.25, 0.3) is 22.3 Å². The van der Waals surface area contributed by atoms with Crippen molar-refractivity contribution < 1.29 is 33.0 Å². The van der Waals surface area contributed by atoms with Crippen molar-refractivity contribution in [2.45, 2.75) is 0 Å². The van der Waals surface area contributed by atoms with E-state index in [1.807, 2.05) is 18.2 Å². The van der Waals surface area contributed by atoms with Crippen LogP contribution in [0.5, 0.6) is 11.5 Å². The standard InChI is InChI=1S/C21H18O8/c1-25-19(23)11-27-14-8-17(28-12-20(24)26-2)21-15(22)10-16(29-18(21)9-14)13-6-4-3-5-7-13/h3-10H,11-12H2,1-2H3. The van der Waals surface area contributed by atoms with Gasteiger partial charge < -0.3 is 23.4 Å². The maximum atomic E-state index is 12.8. The lowest BCUT2D eigenvalue weighted by Gasteiger charge is -2.12. The van der Waals surface area contributed by atoms with Crippen molar-refractivity contribution in [3.8, 4) is 22.8 Å². The number of methoxy groups -OCH3 is 2.